The van der Waals surface area contributed by atoms with Crippen LogP contribution in [0.25, 0.3) is 17.1 Å². The van der Waals surface area contributed by atoms with Gasteiger partial charge in [-0.2, -0.15) is 0 Å². The maximum atomic E-state index is 12.8. The third-order valence-electron chi connectivity index (χ3n) is 5.29. The molecule has 1 atom stereocenters. The quantitative estimate of drug-likeness (QED) is 0.405. The second kappa shape index (κ2) is 9.36. The van der Waals surface area contributed by atoms with Gasteiger partial charge in [-0.3, -0.25) is 14.3 Å². The molecule has 162 valence electrons. The molecule has 2 aromatic carbocycles. The van der Waals surface area contributed by atoms with Crippen LogP contribution in [0.3, 0.4) is 0 Å². The first-order chi connectivity index (χ1) is 15.4. The summed E-state index contributed by atoms with van der Waals surface area (Å²) in [5.41, 5.74) is 6.19. The van der Waals surface area contributed by atoms with E-state index in [1.54, 1.807) is 12.4 Å². The Kier molecular flexibility index (Phi) is 6.37. The zero-order chi connectivity index (χ0) is 22.7. The number of thioether (sulfide) groups is 1. The molecule has 4 aromatic rings. The second-order valence-electron chi connectivity index (χ2n) is 7.76. The molecule has 4 rings (SSSR count). The Bertz CT molecular complexity index is 1240. The maximum Gasteiger partial charge on any atom is 0.237 e. The van der Waals surface area contributed by atoms with Crippen LogP contribution in [-0.2, 0) is 4.79 Å². The molecule has 1 unspecified atom stereocenters. The predicted octanol–water partition coefficient (Wildman–Crippen LogP) is 5.37. The van der Waals surface area contributed by atoms with Crippen molar-refractivity contribution in [1.29, 1.82) is 0 Å². The Morgan fingerprint density at radius 1 is 0.938 bits per heavy atom. The number of aryl methyl sites for hydroxylation is 3. The molecule has 0 aliphatic rings. The number of nitrogens with one attached hydrogen (secondary N) is 1. The summed E-state index contributed by atoms with van der Waals surface area (Å²) >= 11 is 1.38. The van der Waals surface area contributed by atoms with Gasteiger partial charge in [0.2, 0.25) is 5.91 Å². The van der Waals surface area contributed by atoms with Crippen LogP contribution in [0, 0.1) is 20.8 Å². The van der Waals surface area contributed by atoms with Gasteiger partial charge in [0.25, 0.3) is 0 Å². The van der Waals surface area contributed by atoms with Crippen LogP contribution in [0.4, 0.5) is 5.69 Å². The minimum Gasteiger partial charge on any atom is -0.325 e. The van der Waals surface area contributed by atoms with Crippen molar-refractivity contribution >= 4 is 23.4 Å². The zero-order valence-corrected chi connectivity index (χ0v) is 19.4. The van der Waals surface area contributed by atoms with E-state index in [0.29, 0.717) is 11.0 Å². The summed E-state index contributed by atoms with van der Waals surface area (Å²) in [5.74, 6) is 0.628. The highest BCUT2D eigenvalue weighted by Gasteiger charge is 2.22. The molecule has 7 heteroatoms. The first kappa shape index (κ1) is 21.8. The highest BCUT2D eigenvalue weighted by molar-refractivity contribution is 8.00. The van der Waals surface area contributed by atoms with Crippen molar-refractivity contribution in [3.63, 3.8) is 0 Å². The first-order valence-electron chi connectivity index (χ1n) is 10.4. The van der Waals surface area contributed by atoms with E-state index < -0.39 is 0 Å². The maximum absolute atomic E-state index is 12.8. The van der Waals surface area contributed by atoms with Crippen molar-refractivity contribution in [2.75, 3.05) is 5.32 Å². The smallest absolute Gasteiger partial charge is 0.237 e. The van der Waals surface area contributed by atoms with Crippen LogP contribution in [-0.4, -0.2) is 30.9 Å². The molecule has 0 aliphatic carbocycles. The van der Waals surface area contributed by atoms with Gasteiger partial charge in [0.05, 0.1) is 10.9 Å². The van der Waals surface area contributed by atoms with Crippen LogP contribution in [0.15, 0.2) is 72.1 Å². The molecule has 0 spiro atoms. The summed E-state index contributed by atoms with van der Waals surface area (Å²) in [4.78, 5) is 16.9. The van der Waals surface area contributed by atoms with Crippen LogP contribution in [0.5, 0.6) is 0 Å². The molecule has 6 nitrogen and oxygen atoms in total. The second-order valence-corrected chi connectivity index (χ2v) is 9.07. The summed E-state index contributed by atoms with van der Waals surface area (Å²) < 4.78 is 2.00. The lowest BCUT2D eigenvalue weighted by Gasteiger charge is -2.15. The number of aromatic nitrogens is 4. The van der Waals surface area contributed by atoms with Crippen LogP contribution in [0.2, 0.25) is 0 Å². The minimum absolute atomic E-state index is 0.0843. The SMILES string of the molecule is Cc1ccc(NC(=O)C(C)Sc2nnc(-c3ccncc3)n2-c2ccc(C)c(C)c2)cc1. The highest BCUT2D eigenvalue weighted by Crippen LogP contribution is 2.31. The van der Waals surface area contributed by atoms with Crippen LogP contribution < -0.4 is 5.32 Å². The number of anilines is 1. The Balaban J connectivity index is 1.66. The van der Waals surface area contributed by atoms with E-state index in [2.05, 4.69) is 52.5 Å². The number of hydrogen-bond donors (Lipinski definition) is 1. The van der Waals surface area contributed by atoms with E-state index in [4.69, 9.17) is 0 Å². The average molecular weight is 444 g/mol. The van der Waals surface area contributed by atoms with Crippen LogP contribution >= 0.6 is 11.8 Å². The van der Waals surface area contributed by atoms with Gasteiger partial charge in [0, 0.05) is 23.6 Å². The Hall–Kier alpha value is -3.45. The van der Waals surface area contributed by atoms with Gasteiger partial charge in [0.1, 0.15) is 0 Å². The molecule has 2 heterocycles. The summed E-state index contributed by atoms with van der Waals surface area (Å²) in [5, 5.41) is 12.2. The Morgan fingerprint density at radius 2 is 1.66 bits per heavy atom. The summed E-state index contributed by atoms with van der Waals surface area (Å²) in [6, 6.07) is 17.8. The summed E-state index contributed by atoms with van der Waals surface area (Å²) in [7, 11) is 0. The molecule has 0 aliphatic heterocycles. The number of pyridine rings is 1. The fourth-order valence-electron chi connectivity index (χ4n) is 3.22. The third kappa shape index (κ3) is 4.73. The zero-order valence-electron chi connectivity index (χ0n) is 18.5. The molecule has 0 bridgehead atoms. The average Bonchev–Trinajstić information content (AvgIpc) is 3.21. The largest absolute Gasteiger partial charge is 0.325 e. The lowest BCUT2D eigenvalue weighted by atomic mass is 10.1. The molecule has 0 saturated heterocycles. The molecule has 32 heavy (non-hydrogen) atoms. The molecule has 0 radical (unpaired) electrons. The lowest BCUT2D eigenvalue weighted by molar-refractivity contribution is -0.115. The van der Waals surface area contributed by atoms with Gasteiger partial charge in [-0.05, 0) is 75.2 Å². The summed E-state index contributed by atoms with van der Waals surface area (Å²) in [6.07, 6.45) is 3.47. The number of carbonyl (C=O) groups is 1. The summed E-state index contributed by atoms with van der Waals surface area (Å²) in [6.45, 7) is 8.06. The molecular formula is C25H25N5OS. The van der Waals surface area contributed by atoms with E-state index >= 15 is 0 Å². The fraction of sp³-hybridized carbons (Fsp3) is 0.200. The number of rotatable bonds is 6. The first-order valence-corrected chi connectivity index (χ1v) is 11.3. The lowest BCUT2D eigenvalue weighted by Crippen LogP contribution is -2.22. The van der Waals surface area contributed by atoms with Gasteiger partial charge in [-0.25, -0.2) is 0 Å². The number of amides is 1. The van der Waals surface area contributed by atoms with Gasteiger partial charge in [-0.15, -0.1) is 10.2 Å². The number of carbonyl (C=O) groups excluding carboxylic acids is 1. The molecular weight excluding hydrogens is 418 g/mol. The monoisotopic (exact) mass is 443 g/mol. The predicted molar refractivity (Wildman–Crippen MR) is 129 cm³/mol. The van der Waals surface area contributed by atoms with Gasteiger partial charge >= 0.3 is 0 Å². The number of benzene rings is 2. The Labute approximate surface area is 192 Å². The molecule has 1 N–H and O–H groups in total. The molecule has 0 saturated carbocycles. The van der Waals surface area contributed by atoms with Gasteiger partial charge < -0.3 is 5.32 Å². The van der Waals surface area contributed by atoms with Crippen molar-refractivity contribution in [3.8, 4) is 17.1 Å². The van der Waals surface area contributed by atoms with Crippen molar-refractivity contribution in [1.82, 2.24) is 19.7 Å². The normalized spacial score (nSPS) is 11.9. The fourth-order valence-corrected chi connectivity index (χ4v) is 4.09. The molecule has 0 fully saturated rings. The minimum atomic E-state index is -0.365. The highest BCUT2D eigenvalue weighted by atomic mass is 32.2. The van der Waals surface area contributed by atoms with Crippen LogP contribution in [0.1, 0.15) is 23.6 Å². The van der Waals surface area contributed by atoms with E-state index in [-0.39, 0.29) is 11.2 Å². The third-order valence-corrected chi connectivity index (χ3v) is 6.33. The standard InChI is InChI=1S/C25H25N5OS/c1-16-5-8-21(9-6-16)27-24(31)19(4)32-25-29-28-23(20-11-13-26-14-12-20)30(25)22-10-7-17(2)18(3)15-22/h5-15,19H,1-4H3,(H,27,31). The van der Waals surface area contributed by atoms with Crippen molar-refractivity contribution in [2.45, 2.75) is 38.1 Å². The molecule has 1 amide bonds. The van der Waals surface area contributed by atoms with Crippen molar-refractivity contribution in [3.05, 3.63) is 83.7 Å². The van der Waals surface area contributed by atoms with E-state index in [1.807, 2.05) is 54.8 Å². The topological polar surface area (TPSA) is 72.7 Å². The van der Waals surface area contributed by atoms with E-state index in [9.17, 15) is 4.79 Å². The molecule has 2 aromatic heterocycles. The number of nitrogens with zero attached hydrogens (tertiary/aromatic N) is 4. The van der Waals surface area contributed by atoms with E-state index in [1.165, 1.54) is 22.9 Å². The van der Waals surface area contributed by atoms with Crippen molar-refractivity contribution in [2.24, 2.45) is 0 Å². The van der Waals surface area contributed by atoms with Gasteiger partial charge in [0.15, 0.2) is 11.0 Å². The number of hydrogen-bond acceptors (Lipinski definition) is 5. The van der Waals surface area contributed by atoms with E-state index in [0.717, 1.165) is 22.5 Å². The van der Waals surface area contributed by atoms with Gasteiger partial charge in [-0.1, -0.05) is 35.5 Å². The Morgan fingerprint density at radius 3 is 2.34 bits per heavy atom. The van der Waals surface area contributed by atoms with Crippen molar-refractivity contribution < 1.29 is 4.79 Å².